The van der Waals surface area contributed by atoms with Gasteiger partial charge >= 0.3 is 0 Å². The van der Waals surface area contributed by atoms with Crippen LogP contribution in [0, 0.1) is 5.92 Å². The molecule has 3 aromatic rings. The molecule has 1 atom stereocenters. The number of imidazole rings is 1. The number of para-hydroxylation sites is 2. The molecule has 0 saturated heterocycles. The van der Waals surface area contributed by atoms with Crippen molar-refractivity contribution in [1.29, 1.82) is 0 Å². The summed E-state index contributed by atoms with van der Waals surface area (Å²) in [6.45, 7) is 5.60. The summed E-state index contributed by atoms with van der Waals surface area (Å²) in [5, 5.41) is 0.704. The van der Waals surface area contributed by atoms with Gasteiger partial charge in [-0.3, -0.25) is 0 Å². The van der Waals surface area contributed by atoms with Gasteiger partial charge in [0.1, 0.15) is 18.2 Å². The Hall–Kier alpha value is -2.04. The molecule has 0 spiro atoms. The molecule has 0 amide bonds. The van der Waals surface area contributed by atoms with Crippen LogP contribution in [0.25, 0.3) is 11.0 Å². The van der Waals surface area contributed by atoms with E-state index in [2.05, 4.69) is 24.5 Å². The highest BCUT2D eigenvalue weighted by Crippen LogP contribution is 2.24. The number of nitrogens with zero attached hydrogens (tertiary/aromatic N) is 2. The first kappa shape index (κ1) is 17.8. The number of halogens is 1. The average molecular weight is 358 g/mol. The van der Waals surface area contributed by atoms with Crippen LogP contribution in [0.2, 0.25) is 5.02 Å². The van der Waals surface area contributed by atoms with E-state index >= 15 is 0 Å². The number of ether oxygens (including phenoxy) is 1. The van der Waals surface area contributed by atoms with Gasteiger partial charge in [-0.25, -0.2) is 4.98 Å². The van der Waals surface area contributed by atoms with E-state index in [1.807, 2.05) is 42.5 Å². The van der Waals surface area contributed by atoms with Crippen molar-refractivity contribution in [2.45, 2.75) is 32.9 Å². The van der Waals surface area contributed by atoms with Gasteiger partial charge in [0.05, 0.1) is 23.6 Å². The molecule has 5 heteroatoms. The zero-order valence-corrected chi connectivity index (χ0v) is 15.4. The molecule has 1 heterocycles. The zero-order valence-electron chi connectivity index (χ0n) is 14.7. The lowest BCUT2D eigenvalue weighted by atomic mass is 10.0. The molecular weight excluding hydrogens is 334 g/mol. The maximum Gasteiger partial charge on any atom is 0.126 e. The average Bonchev–Trinajstić information content (AvgIpc) is 2.95. The summed E-state index contributed by atoms with van der Waals surface area (Å²) < 4.78 is 8.03. The molecule has 1 aromatic heterocycles. The highest BCUT2D eigenvalue weighted by atomic mass is 35.5. The van der Waals surface area contributed by atoms with Crippen molar-refractivity contribution in [3.05, 3.63) is 59.4 Å². The Bertz CT molecular complexity index is 827. The smallest absolute Gasteiger partial charge is 0.126 e. The predicted molar refractivity (Wildman–Crippen MR) is 103 cm³/mol. The van der Waals surface area contributed by atoms with Gasteiger partial charge in [-0.15, -0.1) is 0 Å². The predicted octanol–water partition coefficient (Wildman–Crippen LogP) is 4.81. The lowest BCUT2D eigenvalue weighted by molar-refractivity contribution is 0.296. The van der Waals surface area contributed by atoms with E-state index in [9.17, 15) is 0 Å². The molecule has 4 nitrogen and oxygen atoms in total. The van der Waals surface area contributed by atoms with E-state index in [0.717, 1.165) is 29.0 Å². The second kappa shape index (κ2) is 7.89. The fourth-order valence-corrected chi connectivity index (χ4v) is 3.14. The minimum Gasteiger partial charge on any atom is -0.492 e. The Kier molecular flexibility index (Phi) is 5.61. The first-order valence-corrected chi connectivity index (χ1v) is 9.01. The van der Waals surface area contributed by atoms with Gasteiger partial charge in [0.2, 0.25) is 0 Å². The molecule has 0 saturated carbocycles. The van der Waals surface area contributed by atoms with Crippen molar-refractivity contribution in [1.82, 2.24) is 9.55 Å². The lowest BCUT2D eigenvalue weighted by Gasteiger charge is -2.17. The van der Waals surface area contributed by atoms with E-state index in [0.29, 0.717) is 24.1 Å². The first-order chi connectivity index (χ1) is 12.0. The minimum absolute atomic E-state index is 0.0806. The van der Waals surface area contributed by atoms with E-state index in [1.165, 1.54) is 0 Å². The largest absolute Gasteiger partial charge is 0.492 e. The molecule has 132 valence electrons. The Morgan fingerprint density at radius 2 is 1.84 bits per heavy atom. The van der Waals surface area contributed by atoms with Gasteiger partial charge in [-0.1, -0.05) is 37.6 Å². The van der Waals surface area contributed by atoms with Crippen LogP contribution in [0.1, 0.15) is 32.1 Å². The molecule has 1 unspecified atom stereocenters. The Morgan fingerprint density at radius 1 is 1.12 bits per heavy atom. The van der Waals surface area contributed by atoms with Crippen molar-refractivity contribution >= 4 is 22.6 Å². The minimum atomic E-state index is -0.0806. The Balaban J connectivity index is 1.79. The number of hydrogen-bond acceptors (Lipinski definition) is 3. The van der Waals surface area contributed by atoms with Crippen LogP contribution < -0.4 is 10.5 Å². The number of hydrogen-bond donors (Lipinski definition) is 1. The highest BCUT2D eigenvalue weighted by Gasteiger charge is 2.18. The topological polar surface area (TPSA) is 53.1 Å². The number of benzene rings is 2. The summed E-state index contributed by atoms with van der Waals surface area (Å²) >= 11 is 5.91. The summed E-state index contributed by atoms with van der Waals surface area (Å²) in [7, 11) is 0. The van der Waals surface area contributed by atoms with Crippen molar-refractivity contribution in [2.24, 2.45) is 11.7 Å². The monoisotopic (exact) mass is 357 g/mol. The number of fused-ring (bicyclic) bond motifs is 1. The second-order valence-corrected chi connectivity index (χ2v) is 7.09. The summed E-state index contributed by atoms with van der Waals surface area (Å²) in [6.07, 6.45) is 0.904. The van der Waals surface area contributed by atoms with E-state index < -0.39 is 0 Å². The molecule has 3 rings (SSSR count). The number of nitrogens with two attached hydrogens (primary N) is 1. The summed E-state index contributed by atoms with van der Waals surface area (Å²) in [6, 6.07) is 15.5. The van der Waals surface area contributed by atoms with Crippen LogP contribution in [0.4, 0.5) is 0 Å². The summed E-state index contributed by atoms with van der Waals surface area (Å²) in [5.74, 6) is 2.25. The van der Waals surface area contributed by atoms with Crippen LogP contribution in [0.5, 0.6) is 5.75 Å². The van der Waals surface area contributed by atoms with Crippen molar-refractivity contribution < 1.29 is 4.74 Å². The standard InChI is InChI=1S/C20H24ClN3O/c1-14(2)13-17(22)20-23-18-5-3-4-6-19(18)24(20)11-12-25-16-9-7-15(21)8-10-16/h3-10,14,17H,11-13,22H2,1-2H3. The van der Waals surface area contributed by atoms with Crippen LogP contribution in [0.15, 0.2) is 48.5 Å². The molecule has 0 radical (unpaired) electrons. The fraction of sp³-hybridized carbons (Fsp3) is 0.350. The number of aromatic nitrogens is 2. The van der Waals surface area contributed by atoms with Gasteiger partial charge in [0.25, 0.3) is 0 Å². The van der Waals surface area contributed by atoms with Crippen molar-refractivity contribution in [2.75, 3.05) is 6.61 Å². The van der Waals surface area contributed by atoms with Gasteiger partial charge in [0.15, 0.2) is 0 Å². The van der Waals surface area contributed by atoms with Crippen LogP contribution in [-0.2, 0) is 6.54 Å². The molecule has 0 bridgehead atoms. The van der Waals surface area contributed by atoms with Crippen LogP contribution in [-0.4, -0.2) is 16.2 Å². The van der Waals surface area contributed by atoms with Crippen LogP contribution >= 0.6 is 11.6 Å². The maximum absolute atomic E-state index is 6.42. The van der Waals surface area contributed by atoms with Crippen molar-refractivity contribution in [3.63, 3.8) is 0 Å². The van der Waals surface area contributed by atoms with Gasteiger partial charge < -0.3 is 15.0 Å². The quantitative estimate of drug-likeness (QED) is 0.659. The van der Waals surface area contributed by atoms with E-state index in [4.69, 9.17) is 27.1 Å². The van der Waals surface area contributed by atoms with Crippen LogP contribution in [0.3, 0.4) is 0 Å². The third-order valence-electron chi connectivity index (χ3n) is 4.14. The Labute approximate surface area is 153 Å². The van der Waals surface area contributed by atoms with E-state index in [1.54, 1.807) is 0 Å². The van der Waals surface area contributed by atoms with Gasteiger partial charge in [-0.05, 0) is 48.7 Å². The molecular formula is C20H24ClN3O. The SMILES string of the molecule is CC(C)CC(N)c1nc2ccccc2n1CCOc1ccc(Cl)cc1. The second-order valence-electron chi connectivity index (χ2n) is 6.65. The molecule has 2 N–H and O–H groups in total. The fourth-order valence-electron chi connectivity index (χ4n) is 3.01. The first-order valence-electron chi connectivity index (χ1n) is 8.63. The van der Waals surface area contributed by atoms with Gasteiger partial charge in [0, 0.05) is 5.02 Å². The lowest BCUT2D eigenvalue weighted by Crippen LogP contribution is -2.20. The molecule has 25 heavy (non-hydrogen) atoms. The van der Waals surface area contributed by atoms with Crippen molar-refractivity contribution in [3.8, 4) is 5.75 Å². The molecule has 0 aliphatic carbocycles. The maximum atomic E-state index is 6.42. The third kappa shape index (κ3) is 4.33. The summed E-state index contributed by atoms with van der Waals surface area (Å²) in [5.41, 5.74) is 8.49. The third-order valence-corrected chi connectivity index (χ3v) is 4.39. The van der Waals surface area contributed by atoms with E-state index in [-0.39, 0.29) is 6.04 Å². The highest BCUT2D eigenvalue weighted by molar-refractivity contribution is 6.30. The Morgan fingerprint density at radius 3 is 2.56 bits per heavy atom. The molecule has 0 aliphatic heterocycles. The zero-order chi connectivity index (χ0) is 17.8. The molecule has 0 aliphatic rings. The number of rotatable bonds is 7. The molecule has 0 fully saturated rings. The molecule has 2 aromatic carbocycles. The summed E-state index contributed by atoms with van der Waals surface area (Å²) in [4.78, 5) is 4.77. The normalized spacial score (nSPS) is 12.7. The van der Waals surface area contributed by atoms with Gasteiger partial charge in [-0.2, -0.15) is 0 Å².